The third-order valence-corrected chi connectivity index (χ3v) is 3.79. The Hall–Kier alpha value is -1.31. The van der Waals surface area contributed by atoms with Crippen LogP contribution in [0, 0.1) is 5.92 Å². The minimum atomic E-state index is -0.319. The van der Waals surface area contributed by atoms with E-state index in [0.717, 1.165) is 24.8 Å². The van der Waals surface area contributed by atoms with Gasteiger partial charge in [0.15, 0.2) is 0 Å². The number of hydrogen-bond donors (Lipinski definition) is 0. The molecular formula is C18H28O2. The molecule has 0 aromatic heterocycles. The fourth-order valence-electron chi connectivity index (χ4n) is 2.26. The topological polar surface area (TPSA) is 26.3 Å². The van der Waals surface area contributed by atoms with Crippen molar-refractivity contribution in [2.75, 3.05) is 0 Å². The van der Waals surface area contributed by atoms with Crippen molar-refractivity contribution in [3.63, 3.8) is 0 Å². The maximum atomic E-state index is 12.1. The Morgan fingerprint density at radius 3 is 2.45 bits per heavy atom. The Kier molecular flexibility index (Phi) is 6.77. The van der Waals surface area contributed by atoms with Crippen LogP contribution in [-0.4, -0.2) is 11.6 Å². The average Bonchev–Trinajstić information content (AvgIpc) is 2.39. The maximum Gasteiger partial charge on any atom is 0.310 e. The zero-order valence-electron chi connectivity index (χ0n) is 13.3. The molecule has 0 bridgehead atoms. The van der Waals surface area contributed by atoms with Crippen LogP contribution in [0.25, 0.3) is 0 Å². The monoisotopic (exact) mass is 276 g/mol. The Morgan fingerprint density at radius 1 is 1.25 bits per heavy atom. The van der Waals surface area contributed by atoms with Gasteiger partial charge >= 0.3 is 5.97 Å². The normalized spacial score (nSPS) is 14.1. The lowest BCUT2D eigenvalue weighted by molar-refractivity contribution is -0.158. The van der Waals surface area contributed by atoms with E-state index in [1.165, 1.54) is 6.42 Å². The first-order valence-corrected chi connectivity index (χ1v) is 7.71. The van der Waals surface area contributed by atoms with Gasteiger partial charge in [-0.1, -0.05) is 57.5 Å². The first kappa shape index (κ1) is 16.7. The Bertz CT molecular complexity index is 397. The zero-order valence-corrected chi connectivity index (χ0v) is 13.3. The van der Waals surface area contributed by atoms with E-state index in [2.05, 4.69) is 27.7 Å². The molecule has 1 atom stereocenters. The summed E-state index contributed by atoms with van der Waals surface area (Å²) >= 11 is 0. The second kappa shape index (κ2) is 8.08. The number of benzene rings is 1. The summed E-state index contributed by atoms with van der Waals surface area (Å²) in [5, 5.41) is 0. The van der Waals surface area contributed by atoms with Gasteiger partial charge in [-0.25, -0.2) is 0 Å². The quantitative estimate of drug-likeness (QED) is 0.639. The number of carbonyl (C=O) groups excluding carboxylic acids is 1. The lowest BCUT2D eigenvalue weighted by Crippen LogP contribution is -2.31. The number of carbonyl (C=O) groups is 1. The van der Waals surface area contributed by atoms with Gasteiger partial charge in [0.1, 0.15) is 5.60 Å². The van der Waals surface area contributed by atoms with Crippen molar-refractivity contribution in [2.24, 2.45) is 5.92 Å². The second-order valence-corrected chi connectivity index (χ2v) is 6.23. The van der Waals surface area contributed by atoms with Crippen LogP contribution < -0.4 is 0 Å². The summed E-state index contributed by atoms with van der Waals surface area (Å²) in [5.41, 5.74) is 0.693. The fraction of sp³-hybridized carbons (Fsp3) is 0.611. The molecule has 0 spiro atoms. The van der Waals surface area contributed by atoms with Crippen LogP contribution >= 0.6 is 0 Å². The highest BCUT2D eigenvalue weighted by molar-refractivity contribution is 5.73. The van der Waals surface area contributed by atoms with E-state index >= 15 is 0 Å². The van der Waals surface area contributed by atoms with E-state index in [-0.39, 0.29) is 11.6 Å². The molecule has 2 nitrogen and oxygen atoms in total. The standard InChI is InChI=1S/C18H28O2/c1-5-18(4,13-9-10-15(2)3)20-17(19)14-16-11-7-6-8-12-16/h6-8,11-12,15H,5,9-10,13-14H2,1-4H3. The highest BCUT2D eigenvalue weighted by atomic mass is 16.6. The van der Waals surface area contributed by atoms with Gasteiger partial charge in [-0.2, -0.15) is 0 Å². The molecular weight excluding hydrogens is 248 g/mol. The first-order valence-electron chi connectivity index (χ1n) is 7.71. The first-order chi connectivity index (χ1) is 9.45. The minimum Gasteiger partial charge on any atom is -0.459 e. The Labute approximate surface area is 123 Å². The third-order valence-electron chi connectivity index (χ3n) is 3.79. The summed E-state index contributed by atoms with van der Waals surface area (Å²) in [5.74, 6) is 0.584. The summed E-state index contributed by atoms with van der Waals surface area (Å²) in [4.78, 5) is 12.1. The van der Waals surface area contributed by atoms with Crippen molar-refractivity contribution >= 4 is 5.97 Å². The van der Waals surface area contributed by atoms with Crippen molar-refractivity contribution in [2.45, 2.75) is 65.4 Å². The molecule has 0 aliphatic rings. The molecule has 0 heterocycles. The van der Waals surface area contributed by atoms with Gasteiger partial charge < -0.3 is 4.74 Å². The SMILES string of the molecule is CCC(C)(CCCC(C)C)OC(=O)Cc1ccccc1. The van der Waals surface area contributed by atoms with Crippen molar-refractivity contribution in [1.82, 2.24) is 0 Å². The fourth-order valence-corrected chi connectivity index (χ4v) is 2.26. The van der Waals surface area contributed by atoms with Gasteiger partial charge in [-0.15, -0.1) is 0 Å². The molecule has 1 aromatic carbocycles. The Morgan fingerprint density at radius 2 is 1.90 bits per heavy atom. The van der Waals surface area contributed by atoms with E-state index < -0.39 is 0 Å². The predicted molar refractivity (Wildman–Crippen MR) is 83.6 cm³/mol. The van der Waals surface area contributed by atoms with Crippen molar-refractivity contribution < 1.29 is 9.53 Å². The lowest BCUT2D eigenvalue weighted by atomic mass is 9.93. The molecule has 1 unspecified atom stereocenters. The van der Waals surface area contributed by atoms with Gasteiger partial charge in [0.2, 0.25) is 0 Å². The van der Waals surface area contributed by atoms with Crippen molar-refractivity contribution in [3.8, 4) is 0 Å². The van der Waals surface area contributed by atoms with Crippen LogP contribution in [0.5, 0.6) is 0 Å². The van der Waals surface area contributed by atoms with Gasteiger partial charge in [-0.3, -0.25) is 4.79 Å². The lowest BCUT2D eigenvalue weighted by Gasteiger charge is -2.29. The molecule has 0 aliphatic carbocycles. The molecule has 2 heteroatoms. The molecule has 0 saturated heterocycles. The van der Waals surface area contributed by atoms with Crippen LogP contribution in [0.1, 0.15) is 58.9 Å². The highest BCUT2D eigenvalue weighted by Gasteiger charge is 2.26. The van der Waals surface area contributed by atoms with Crippen LogP contribution in [0.2, 0.25) is 0 Å². The molecule has 0 fully saturated rings. The van der Waals surface area contributed by atoms with Crippen LogP contribution in [0.15, 0.2) is 30.3 Å². The highest BCUT2D eigenvalue weighted by Crippen LogP contribution is 2.24. The third kappa shape index (κ3) is 6.23. The number of ether oxygens (including phenoxy) is 1. The zero-order chi connectivity index (χ0) is 15.0. The summed E-state index contributed by atoms with van der Waals surface area (Å²) in [6.45, 7) is 8.59. The predicted octanol–water partition coefficient (Wildman–Crippen LogP) is 4.77. The molecule has 0 radical (unpaired) electrons. The summed E-state index contributed by atoms with van der Waals surface area (Å²) in [6.07, 6.45) is 4.47. The molecule has 112 valence electrons. The van der Waals surface area contributed by atoms with Gasteiger partial charge in [0.25, 0.3) is 0 Å². The molecule has 0 aliphatic heterocycles. The van der Waals surface area contributed by atoms with E-state index in [1.807, 2.05) is 30.3 Å². The molecule has 0 amide bonds. The second-order valence-electron chi connectivity index (χ2n) is 6.23. The van der Waals surface area contributed by atoms with E-state index in [9.17, 15) is 4.79 Å². The van der Waals surface area contributed by atoms with Crippen LogP contribution in [-0.2, 0) is 16.0 Å². The number of hydrogen-bond acceptors (Lipinski definition) is 2. The summed E-state index contributed by atoms with van der Waals surface area (Å²) < 4.78 is 5.73. The van der Waals surface area contributed by atoms with E-state index in [0.29, 0.717) is 12.3 Å². The van der Waals surface area contributed by atoms with Gasteiger partial charge in [0.05, 0.1) is 6.42 Å². The average molecular weight is 276 g/mol. The van der Waals surface area contributed by atoms with Gasteiger partial charge in [-0.05, 0) is 37.7 Å². The minimum absolute atomic E-state index is 0.120. The summed E-state index contributed by atoms with van der Waals surface area (Å²) in [7, 11) is 0. The van der Waals surface area contributed by atoms with E-state index in [4.69, 9.17) is 4.74 Å². The summed E-state index contributed by atoms with van der Waals surface area (Å²) in [6, 6.07) is 9.78. The van der Waals surface area contributed by atoms with Crippen LogP contribution in [0.4, 0.5) is 0 Å². The van der Waals surface area contributed by atoms with Crippen molar-refractivity contribution in [1.29, 1.82) is 0 Å². The molecule has 1 rings (SSSR count). The van der Waals surface area contributed by atoms with Crippen LogP contribution in [0.3, 0.4) is 0 Å². The molecule has 20 heavy (non-hydrogen) atoms. The molecule has 0 N–H and O–H groups in total. The number of rotatable bonds is 8. The Balaban J connectivity index is 2.47. The van der Waals surface area contributed by atoms with Gasteiger partial charge in [0, 0.05) is 0 Å². The number of esters is 1. The smallest absolute Gasteiger partial charge is 0.310 e. The largest absolute Gasteiger partial charge is 0.459 e. The maximum absolute atomic E-state index is 12.1. The molecule has 0 saturated carbocycles. The van der Waals surface area contributed by atoms with Crippen molar-refractivity contribution in [3.05, 3.63) is 35.9 Å². The molecule has 1 aromatic rings. The van der Waals surface area contributed by atoms with E-state index in [1.54, 1.807) is 0 Å².